The number of fused-ring (bicyclic) bond motifs is 1. The fourth-order valence-corrected chi connectivity index (χ4v) is 6.06. The summed E-state index contributed by atoms with van der Waals surface area (Å²) in [5.41, 5.74) is 1.70. The molecular weight excluding hydrogens is 470 g/mol. The fourth-order valence-electron chi connectivity index (χ4n) is 4.70. The van der Waals surface area contributed by atoms with E-state index in [2.05, 4.69) is 15.4 Å². The summed E-state index contributed by atoms with van der Waals surface area (Å²) >= 11 is 6.28. The number of rotatable bonds is 7. The molecule has 3 atom stereocenters. The lowest BCUT2D eigenvalue weighted by Crippen LogP contribution is -2.38. The highest BCUT2D eigenvalue weighted by atomic mass is 35.5. The van der Waals surface area contributed by atoms with E-state index in [0.717, 1.165) is 54.4 Å². The van der Waals surface area contributed by atoms with Gasteiger partial charge in [0.1, 0.15) is 0 Å². The van der Waals surface area contributed by atoms with Crippen LogP contribution in [0, 0.1) is 11.8 Å². The van der Waals surface area contributed by atoms with Crippen LogP contribution in [0.25, 0.3) is 10.8 Å². The second-order valence-electron chi connectivity index (χ2n) is 9.25. The molecule has 5 rings (SSSR count). The molecule has 2 aliphatic rings. The second kappa shape index (κ2) is 9.66. The van der Waals surface area contributed by atoms with Crippen LogP contribution in [0.3, 0.4) is 0 Å². The molecule has 1 aliphatic carbocycles. The molecule has 0 radical (unpaired) electrons. The number of nitrogens with one attached hydrogen (secondary N) is 3. The molecular formula is C26H28ClN3O3S. The van der Waals surface area contributed by atoms with Crippen molar-refractivity contribution in [1.82, 2.24) is 10.0 Å². The lowest BCUT2D eigenvalue weighted by Gasteiger charge is -2.22. The largest absolute Gasteiger partial charge is 0.326 e. The van der Waals surface area contributed by atoms with Crippen LogP contribution in [0.1, 0.15) is 30.7 Å². The van der Waals surface area contributed by atoms with Crippen molar-refractivity contribution in [2.75, 3.05) is 25.0 Å². The summed E-state index contributed by atoms with van der Waals surface area (Å²) in [5.74, 6) is 0.270. The summed E-state index contributed by atoms with van der Waals surface area (Å²) in [6.07, 6.45) is 2.86. The van der Waals surface area contributed by atoms with Crippen LogP contribution in [-0.2, 0) is 14.8 Å². The van der Waals surface area contributed by atoms with Crippen LogP contribution < -0.4 is 15.4 Å². The number of hydrogen-bond donors (Lipinski definition) is 3. The molecule has 34 heavy (non-hydrogen) atoms. The number of anilines is 1. The molecule has 1 saturated carbocycles. The van der Waals surface area contributed by atoms with Crippen molar-refractivity contribution in [2.45, 2.75) is 30.1 Å². The zero-order valence-corrected chi connectivity index (χ0v) is 20.3. The molecule has 6 nitrogen and oxygen atoms in total. The number of sulfonamides is 1. The maximum Gasteiger partial charge on any atom is 0.240 e. The van der Waals surface area contributed by atoms with Crippen LogP contribution in [-0.4, -0.2) is 34.0 Å². The van der Waals surface area contributed by atoms with Crippen LogP contribution in [0.15, 0.2) is 65.6 Å². The number of carbonyl (C=O) groups is 1. The summed E-state index contributed by atoms with van der Waals surface area (Å²) in [6, 6.07) is 18.3. The molecule has 1 amide bonds. The van der Waals surface area contributed by atoms with Gasteiger partial charge in [-0.3, -0.25) is 4.79 Å². The van der Waals surface area contributed by atoms with Gasteiger partial charge in [0.15, 0.2) is 0 Å². The first-order chi connectivity index (χ1) is 16.4. The Bertz CT molecular complexity index is 1300. The van der Waals surface area contributed by atoms with Gasteiger partial charge in [-0.05, 0) is 85.5 Å². The predicted molar refractivity (Wildman–Crippen MR) is 136 cm³/mol. The fraction of sp³-hybridized carbons (Fsp3) is 0.346. The topological polar surface area (TPSA) is 87.3 Å². The zero-order chi connectivity index (χ0) is 23.7. The molecule has 0 spiro atoms. The molecule has 3 N–H and O–H groups in total. The smallest absolute Gasteiger partial charge is 0.240 e. The SMILES string of the molecule is O=C(Nc1ccc2cccc(Cl)c2c1)[C@@H]1CC1c1ccc(S(=O)(=O)NC[C@@H]2CCCNC2)cc1. The van der Waals surface area contributed by atoms with E-state index in [0.29, 0.717) is 17.5 Å². The van der Waals surface area contributed by atoms with Crippen LogP contribution >= 0.6 is 11.6 Å². The third-order valence-corrected chi connectivity index (χ3v) is 8.57. The van der Waals surface area contributed by atoms with E-state index < -0.39 is 10.0 Å². The van der Waals surface area contributed by atoms with Gasteiger partial charge in [0, 0.05) is 28.6 Å². The van der Waals surface area contributed by atoms with Gasteiger partial charge in [-0.2, -0.15) is 0 Å². The van der Waals surface area contributed by atoms with Crippen LogP contribution in [0.2, 0.25) is 5.02 Å². The maximum atomic E-state index is 12.8. The van der Waals surface area contributed by atoms with Gasteiger partial charge < -0.3 is 10.6 Å². The van der Waals surface area contributed by atoms with Crippen molar-refractivity contribution in [3.8, 4) is 0 Å². The molecule has 2 fully saturated rings. The summed E-state index contributed by atoms with van der Waals surface area (Å²) in [6.45, 7) is 2.29. The van der Waals surface area contributed by atoms with Crippen molar-refractivity contribution in [1.29, 1.82) is 0 Å². The Morgan fingerprint density at radius 1 is 1.09 bits per heavy atom. The number of carbonyl (C=O) groups excluding carboxylic acids is 1. The summed E-state index contributed by atoms with van der Waals surface area (Å²) in [4.78, 5) is 13.0. The minimum atomic E-state index is -3.54. The Hall–Kier alpha value is -2.45. The highest BCUT2D eigenvalue weighted by molar-refractivity contribution is 7.89. The standard InChI is InChI=1S/C26H28ClN3O3S/c27-25-5-1-4-18-6-9-20(13-23(18)25)30-26(31)24-14-22(24)19-7-10-21(11-8-19)34(32,33)29-16-17-3-2-12-28-15-17/h1,4-11,13,17,22,24,28-29H,2-3,12,14-16H2,(H,30,31)/t17-,22?,24-/m1/s1. The predicted octanol–water partition coefficient (Wildman–Crippen LogP) is 4.51. The molecule has 0 aromatic heterocycles. The minimum absolute atomic E-state index is 0.0316. The van der Waals surface area contributed by atoms with Gasteiger partial charge in [0.2, 0.25) is 15.9 Å². The van der Waals surface area contributed by atoms with E-state index in [4.69, 9.17) is 11.6 Å². The Morgan fingerprint density at radius 3 is 2.68 bits per heavy atom. The molecule has 1 heterocycles. The third kappa shape index (κ3) is 5.13. The highest BCUT2D eigenvalue weighted by Crippen LogP contribution is 2.48. The number of benzene rings is 3. The van der Waals surface area contributed by atoms with Crippen molar-refractivity contribution >= 4 is 44.0 Å². The van der Waals surface area contributed by atoms with E-state index in [1.165, 1.54) is 0 Å². The van der Waals surface area contributed by atoms with E-state index in [9.17, 15) is 13.2 Å². The third-order valence-electron chi connectivity index (χ3n) is 6.80. The maximum absolute atomic E-state index is 12.8. The van der Waals surface area contributed by atoms with Gasteiger partial charge in [-0.15, -0.1) is 0 Å². The minimum Gasteiger partial charge on any atom is -0.326 e. The van der Waals surface area contributed by atoms with Gasteiger partial charge in [0.25, 0.3) is 0 Å². The van der Waals surface area contributed by atoms with Gasteiger partial charge >= 0.3 is 0 Å². The normalized spacial score (nSPS) is 22.4. The molecule has 0 bridgehead atoms. The number of hydrogen-bond acceptors (Lipinski definition) is 4. The molecule has 3 aromatic carbocycles. The first kappa shape index (κ1) is 23.3. The number of halogens is 1. The monoisotopic (exact) mass is 497 g/mol. The van der Waals surface area contributed by atoms with Crippen LogP contribution in [0.4, 0.5) is 5.69 Å². The first-order valence-electron chi connectivity index (χ1n) is 11.7. The number of amides is 1. The Balaban J connectivity index is 1.19. The summed E-state index contributed by atoms with van der Waals surface area (Å²) in [7, 11) is -3.54. The molecule has 1 aliphatic heterocycles. The Morgan fingerprint density at radius 2 is 1.91 bits per heavy atom. The van der Waals surface area contributed by atoms with Gasteiger partial charge in [-0.1, -0.05) is 41.9 Å². The lowest BCUT2D eigenvalue weighted by atomic mass is 10.0. The van der Waals surface area contributed by atoms with E-state index >= 15 is 0 Å². The molecule has 8 heteroatoms. The van der Waals surface area contributed by atoms with E-state index in [1.54, 1.807) is 12.1 Å². The van der Waals surface area contributed by atoms with E-state index in [1.807, 2.05) is 48.5 Å². The highest BCUT2D eigenvalue weighted by Gasteiger charge is 2.44. The molecule has 1 saturated heterocycles. The Labute approximate surface area is 205 Å². The molecule has 1 unspecified atom stereocenters. The van der Waals surface area contributed by atoms with Crippen molar-refractivity contribution in [3.63, 3.8) is 0 Å². The first-order valence-corrected chi connectivity index (χ1v) is 13.6. The van der Waals surface area contributed by atoms with Crippen LogP contribution in [0.5, 0.6) is 0 Å². The quantitative estimate of drug-likeness (QED) is 0.448. The van der Waals surface area contributed by atoms with Crippen molar-refractivity contribution < 1.29 is 13.2 Å². The average Bonchev–Trinajstić information content (AvgIpc) is 3.65. The van der Waals surface area contributed by atoms with Gasteiger partial charge in [-0.25, -0.2) is 13.1 Å². The van der Waals surface area contributed by atoms with E-state index in [-0.39, 0.29) is 22.6 Å². The second-order valence-corrected chi connectivity index (χ2v) is 11.4. The molecule has 3 aromatic rings. The number of piperidine rings is 1. The van der Waals surface area contributed by atoms with Gasteiger partial charge in [0.05, 0.1) is 4.90 Å². The van der Waals surface area contributed by atoms with Crippen molar-refractivity contribution in [3.05, 3.63) is 71.2 Å². The molecule has 178 valence electrons. The summed E-state index contributed by atoms with van der Waals surface area (Å²) < 4.78 is 28.1. The zero-order valence-electron chi connectivity index (χ0n) is 18.8. The summed E-state index contributed by atoms with van der Waals surface area (Å²) in [5, 5.41) is 8.88. The lowest BCUT2D eigenvalue weighted by molar-refractivity contribution is -0.117. The van der Waals surface area contributed by atoms with Crippen molar-refractivity contribution in [2.24, 2.45) is 11.8 Å². The average molecular weight is 498 g/mol. The Kier molecular flexibility index (Phi) is 6.62.